The Bertz CT molecular complexity index is 442. The molecule has 2 aliphatic rings. The molecule has 1 aromatic rings. The van der Waals surface area contributed by atoms with E-state index in [1.165, 1.54) is 30.1 Å². The van der Waals surface area contributed by atoms with E-state index in [9.17, 15) is 4.79 Å². The first-order valence-electron chi connectivity index (χ1n) is 7.54. The van der Waals surface area contributed by atoms with Gasteiger partial charge in [0.05, 0.1) is 0 Å². The van der Waals surface area contributed by atoms with Gasteiger partial charge in [0.2, 0.25) is 0 Å². The molecule has 2 saturated carbocycles. The molecule has 0 aromatic heterocycles. The third kappa shape index (κ3) is 2.66. The Morgan fingerprint density at radius 3 is 2.74 bits per heavy atom. The molecule has 0 N–H and O–H groups in total. The Morgan fingerprint density at radius 2 is 2.00 bits per heavy atom. The molecule has 0 amide bonds. The standard InChI is InChI=1S/C17H22OSe/c1-2-16(19-13-6-4-3-5-7-13)14-10-8-12-9-11-15(18)17(12)14/h3-7,12,14,16-17H,2,8-11H2,1H3/t12-,14-,16-,17+/m0/s1. The van der Waals surface area contributed by atoms with Gasteiger partial charge in [0.15, 0.2) is 0 Å². The SMILES string of the molecule is CC[C@H]([Se]c1ccccc1)[C@@H]1CC[C@H]2CCC(=O)[C@H]21. The van der Waals surface area contributed by atoms with E-state index in [-0.39, 0.29) is 0 Å². The molecule has 2 fully saturated rings. The van der Waals surface area contributed by atoms with Crippen LogP contribution in [-0.2, 0) is 4.79 Å². The summed E-state index contributed by atoms with van der Waals surface area (Å²) < 4.78 is 1.50. The molecule has 4 atom stereocenters. The molecule has 0 radical (unpaired) electrons. The monoisotopic (exact) mass is 322 g/mol. The summed E-state index contributed by atoms with van der Waals surface area (Å²) in [4.78, 5) is 12.9. The van der Waals surface area contributed by atoms with Crippen LogP contribution in [0.2, 0.25) is 4.82 Å². The van der Waals surface area contributed by atoms with Crippen molar-refractivity contribution in [1.82, 2.24) is 0 Å². The van der Waals surface area contributed by atoms with Gasteiger partial charge in [-0.1, -0.05) is 0 Å². The van der Waals surface area contributed by atoms with Crippen LogP contribution in [0.4, 0.5) is 0 Å². The number of carbonyl (C=O) groups excluding carboxylic acids is 1. The molecule has 19 heavy (non-hydrogen) atoms. The maximum absolute atomic E-state index is 12.1. The second-order valence-electron chi connectivity index (χ2n) is 5.91. The molecule has 2 heteroatoms. The fraction of sp³-hybridized carbons (Fsp3) is 0.588. The van der Waals surface area contributed by atoms with E-state index in [2.05, 4.69) is 37.3 Å². The molecule has 0 spiro atoms. The van der Waals surface area contributed by atoms with Gasteiger partial charge < -0.3 is 0 Å². The third-order valence-electron chi connectivity index (χ3n) is 4.88. The zero-order valence-corrected chi connectivity index (χ0v) is 13.3. The van der Waals surface area contributed by atoms with Gasteiger partial charge in [-0.25, -0.2) is 0 Å². The molecule has 0 heterocycles. The second kappa shape index (κ2) is 5.81. The Hall–Kier alpha value is -0.591. The van der Waals surface area contributed by atoms with Crippen molar-refractivity contribution in [1.29, 1.82) is 0 Å². The van der Waals surface area contributed by atoms with E-state index in [0.29, 0.717) is 32.6 Å². The van der Waals surface area contributed by atoms with Crippen LogP contribution in [0, 0.1) is 17.8 Å². The summed E-state index contributed by atoms with van der Waals surface area (Å²) in [5, 5.41) is 0. The normalized spacial score (nSPS) is 31.4. The van der Waals surface area contributed by atoms with Crippen LogP contribution in [0.1, 0.15) is 39.0 Å². The average molecular weight is 321 g/mol. The summed E-state index contributed by atoms with van der Waals surface area (Å²) in [5.74, 6) is 2.42. The second-order valence-corrected chi connectivity index (χ2v) is 8.66. The predicted molar refractivity (Wildman–Crippen MR) is 79.8 cm³/mol. The van der Waals surface area contributed by atoms with Crippen molar-refractivity contribution in [3.05, 3.63) is 30.3 Å². The fourth-order valence-corrected chi connectivity index (χ4v) is 6.75. The number of hydrogen-bond acceptors (Lipinski definition) is 1. The van der Waals surface area contributed by atoms with E-state index in [1.54, 1.807) is 0 Å². The van der Waals surface area contributed by atoms with Crippen LogP contribution >= 0.6 is 0 Å². The quantitative estimate of drug-likeness (QED) is 0.778. The summed E-state index contributed by atoms with van der Waals surface area (Å²) in [6.07, 6.45) is 5.88. The van der Waals surface area contributed by atoms with E-state index in [1.807, 2.05) is 0 Å². The number of carbonyl (C=O) groups is 1. The number of ketones is 1. The number of hydrogen-bond donors (Lipinski definition) is 0. The van der Waals surface area contributed by atoms with Gasteiger partial charge in [0.1, 0.15) is 0 Å². The Labute approximate surface area is 122 Å². The van der Waals surface area contributed by atoms with Crippen molar-refractivity contribution >= 4 is 25.2 Å². The molecule has 0 bridgehead atoms. The molecule has 3 rings (SSSR count). The summed E-state index contributed by atoms with van der Waals surface area (Å²) in [5.41, 5.74) is 0. The van der Waals surface area contributed by atoms with Crippen LogP contribution in [0.15, 0.2) is 30.3 Å². The molecule has 0 saturated heterocycles. The van der Waals surface area contributed by atoms with Gasteiger partial charge in [-0.2, -0.15) is 0 Å². The van der Waals surface area contributed by atoms with E-state index >= 15 is 0 Å². The van der Waals surface area contributed by atoms with Gasteiger partial charge in [0, 0.05) is 0 Å². The van der Waals surface area contributed by atoms with Crippen molar-refractivity contribution in [2.45, 2.75) is 43.8 Å². The Kier molecular flexibility index (Phi) is 4.09. The number of Topliss-reactive ketones (excluding diaryl/α,β-unsaturated/α-hetero) is 1. The van der Waals surface area contributed by atoms with Crippen LogP contribution < -0.4 is 4.46 Å². The summed E-state index contributed by atoms with van der Waals surface area (Å²) in [6.45, 7) is 2.31. The molecule has 2 aliphatic carbocycles. The summed E-state index contributed by atoms with van der Waals surface area (Å²) in [6, 6.07) is 10.9. The topological polar surface area (TPSA) is 17.1 Å². The predicted octanol–water partition coefficient (Wildman–Crippen LogP) is 3.22. The van der Waals surface area contributed by atoms with Crippen molar-refractivity contribution in [3.8, 4) is 0 Å². The van der Waals surface area contributed by atoms with E-state index in [0.717, 1.165) is 17.2 Å². The van der Waals surface area contributed by atoms with Crippen LogP contribution in [0.5, 0.6) is 0 Å². The first-order valence-corrected chi connectivity index (χ1v) is 9.38. The molecule has 1 aromatic carbocycles. The first kappa shape index (κ1) is 13.4. The van der Waals surface area contributed by atoms with Crippen molar-refractivity contribution in [3.63, 3.8) is 0 Å². The van der Waals surface area contributed by atoms with Crippen molar-refractivity contribution < 1.29 is 4.79 Å². The van der Waals surface area contributed by atoms with Crippen molar-refractivity contribution in [2.24, 2.45) is 17.8 Å². The number of rotatable bonds is 4. The molecule has 1 nitrogen and oxygen atoms in total. The van der Waals surface area contributed by atoms with Gasteiger partial charge in [-0.3, -0.25) is 0 Å². The molecule has 0 unspecified atom stereocenters. The summed E-state index contributed by atoms with van der Waals surface area (Å²) in [7, 11) is 0. The summed E-state index contributed by atoms with van der Waals surface area (Å²) >= 11 is 0.526. The fourth-order valence-electron chi connectivity index (χ4n) is 4.00. The Morgan fingerprint density at radius 1 is 1.21 bits per heavy atom. The number of fused-ring (bicyclic) bond motifs is 1. The van der Waals surface area contributed by atoms with Gasteiger partial charge >= 0.3 is 122 Å². The molecular formula is C17H22OSe. The van der Waals surface area contributed by atoms with Crippen LogP contribution in [-0.4, -0.2) is 20.7 Å². The minimum absolute atomic E-state index is 0.426. The van der Waals surface area contributed by atoms with Gasteiger partial charge in [-0.15, -0.1) is 0 Å². The zero-order chi connectivity index (χ0) is 13.2. The Balaban J connectivity index is 1.74. The van der Waals surface area contributed by atoms with Gasteiger partial charge in [-0.05, 0) is 0 Å². The van der Waals surface area contributed by atoms with E-state index < -0.39 is 0 Å². The molecular weight excluding hydrogens is 299 g/mol. The van der Waals surface area contributed by atoms with Crippen LogP contribution in [0.3, 0.4) is 0 Å². The van der Waals surface area contributed by atoms with Gasteiger partial charge in [0.25, 0.3) is 0 Å². The number of benzene rings is 1. The van der Waals surface area contributed by atoms with Crippen molar-refractivity contribution in [2.75, 3.05) is 0 Å². The third-order valence-corrected chi connectivity index (χ3v) is 8.09. The minimum atomic E-state index is 0.426. The first-order chi connectivity index (χ1) is 9.29. The van der Waals surface area contributed by atoms with E-state index in [4.69, 9.17) is 0 Å². The molecule has 102 valence electrons. The zero-order valence-electron chi connectivity index (χ0n) is 11.5. The maximum atomic E-state index is 12.1. The molecule has 0 aliphatic heterocycles. The average Bonchev–Trinajstić information content (AvgIpc) is 3.01. The van der Waals surface area contributed by atoms with Crippen LogP contribution in [0.25, 0.3) is 0 Å².